The van der Waals surface area contributed by atoms with Gasteiger partial charge in [-0.15, -0.1) is 21.5 Å². The largest absolute Gasteiger partial charge is 0.372 e. The van der Waals surface area contributed by atoms with Crippen molar-refractivity contribution < 1.29 is 4.79 Å². The van der Waals surface area contributed by atoms with Gasteiger partial charge in [0, 0.05) is 18.6 Å². The summed E-state index contributed by atoms with van der Waals surface area (Å²) in [5, 5.41) is 16.1. The fraction of sp³-hybridized carbons (Fsp3) is 0.273. The lowest BCUT2D eigenvalue weighted by atomic mass is 10.3. The Balaban J connectivity index is 2.03. The third-order valence-corrected chi connectivity index (χ3v) is 3.28. The highest BCUT2D eigenvalue weighted by Gasteiger charge is 2.14. The van der Waals surface area contributed by atoms with Gasteiger partial charge in [0.1, 0.15) is 10.8 Å². The number of carbonyl (C=O) groups is 1. The molecule has 0 aromatic carbocycles. The standard InChI is InChI=1S/C11H13N5OS/c1-7(11-13-5-6-18-11)14-10(17)8-3-4-9(12-2)16-15-8/h3-7H,1-2H3,(H,12,16)(H,14,17). The minimum Gasteiger partial charge on any atom is -0.372 e. The van der Waals surface area contributed by atoms with Crippen LogP contribution in [0.1, 0.15) is 28.5 Å². The van der Waals surface area contributed by atoms with Crippen LogP contribution in [0, 0.1) is 0 Å². The van der Waals surface area contributed by atoms with Gasteiger partial charge in [0.2, 0.25) is 0 Å². The van der Waals surface area contributed by atoms with E-state index in [2.05, 4.69) is 25.8 Å². The molecule has 0 aliphatic rings. The Labute approximate surface area is 108 Å². The van der Waals surface area contributed by atoms with Gasteiger partial charge in [0.05, 0.1) is 6.04 Å². The van der Waals surface area contributed by atoms with Crippen molar-refractivity contribution in [3.8, 4) is 0 Å². The van der Waals surface area contributed by atoms with Crippen LogP contribution in [0.25, 0.3) is 0 Å². The molecule has 94 valence electrons. The lowest BCUT2D eigenvalue weighted by Crippen LogP contribution is -2.27. The topological polar surface area (TPSA) is 79.8 Å². The molecule has 7 heteroatoms. The van der Waals surface area contributed by atoms with Gasteiger partial charge >= 0.3 is 0 Å². The molecule has 2 N–H and O–H groups in total. The number of hydrogen-bond donors (Lipinski definition) is 2. The molecule has 0 spiro atoms. The van der Waals surface area contributed by atoms with E-state index in [0.717, 1.165) is 5.01 Å². The van der Waals surface area contributed by atoms with E-state index < -0.39 is 0 Å². The van der Waals surface area contributed by atoms with Crippen molar-refractivity contribution >= 4 is 23.1 Å². The van der Waals surface area contributed by atoms with E-state index in [1.165, 1.54) is 11.3 Å². The fourth-order valence-electron chi connectivity index (χ4n) is 1.37. The number of nitrogens with zero attached hydrogens (tertiary/aromatic N) is 3. The van der Waals surface area contributed by atoms with Gasteiger partial charge in [-0.1, -0.05) is 0 Å². The second-order valence-corrected chi connectivity index (χ2v) is 4.55. The van der Waals surface area contributed by atoms with Crippen molar-refractivity contribution in [2.75, 3.05) is 12.4 Å². The minimum atomic E-state index is -0.257. The van der Waals surface area contributed by atoms with Gasteiger partial charge in [0.25, 0.3) is 5.91 Å². The zero-order valence-electron chi connectivity index (χ0n) is 10.0. The van der Waals surface area contributed by atoms with Gasteiger partial charge in [0.15, 0.2) is 5.69 Å². The number of carbonyl (C=O) groups excluding carboxylic acids is 1. The fourth-order valence-corrected chi connectivity index (χ4v) is 2.01. The maximum atomic E-state index is 11.9. The average Bonchev–Trinajstić information content (AvgIpc) is 2.92. The summed E-state index contributed by atoms with van der Waals surface area (Å²) in [6, 6.07) is 3.20. The molecule has 0 bridgehead atoms. The summed E-state index contributed by atoms with van der Waals surface area (Å²) < 4.78 is 0. The van der Waals surface area contributed by atoms with E-state index in [4.69, 9.17) is 0 Å². The highest BCUT2D eigenvalue weighted by atomic mass is 32.1. The molecule has 0 saturated heterocycles. The molecule has 0 saturated carbocycles. The van der Waals surface area contributed by atoms with Crippen LogP contribution in [0.5, 0.6) is 0 Å². The molecular weight excluding hydrogens is 250 g/mol. The Morgan fingerprint density at radius 2 is 2.22 bits per heavy atom. The lowest BCUT2D eigenvalue weighted by molar-refractivity contribution is 0.0934. The normalized spacial score (nSPS) is 11.9. The number of amides is 1. The van der Waals surface area contributed by atoms with E-state index in [1.807, 2.05) is 12.3 Å². The Morgan fingerprint density at radius 3 is 2.78 bits per heavy atom. The predicted molar refractivity (Wildman–Crippen MR) is 69.6 cm³/mol. The van der Waals surface area contributed by atoms with Crippen LogP contribution >= 0.6 is 11.3 Å². The third-order valence-electron chi connectivity index (χ3n) is 2.32. The molecule has 1 amide bonds. The van der Waals surface area contributed by atoms with Crippen molar-refractivity contribution in [1.82, 2.24) is 20.5 Å². The number of rotatable bonds is 4. The van der Waals surface area contributed by atoms with Gasteiger partial charge in [-0.25, -0.2) is 4.98 Å². The summed E-state index contributed by atoms with van der Waals surface area (Å²) in [6.07, 6.45) is 1.71. The minimum absolute atomic E-state index is 0.136. The monoisotopic (exact) mass is 263 g/mol. The molecule has 1 unspecified atom stereocenters. The molecule has 2 heterocycles. The smallest absolute Gasteiger partial charge is 0.272 e. The molecule has 1 atom stereocenters. The van der Waals surface area contributed by atoms with Crippen molar-refractivity contribution in [2.24, 2.45) is 0 Å². The summed E-state index contributed by atoms with van der Waals surface area (Å²) >= 11 is 1.50. The zero-order valence-corrected chi connectivity index (χ0v) is 10.9. The molecule has 2 aromatic heterocycles. The van der Waals surface area contributed by atoms with Crippen LogP contribution < -0.4 is 10.6 Å². The second-order valence-electron chi connectivity index (χ2n) is 3.62. The van der Waals surface area contributed by atoms with Gasteiger partial charge < -0.3 is 10.6 Å². The maximum Gasteiger partial charge on any atom is 0.272 e. The van der Waals surface area contributed by atoms with E-state index in [0.29, 0.717) is 5.82 Å². The highest BCUT2D eigenvalue weighted by molar-refractivity contribution is 7.09. The first-order valence-corrected chi connectivity index (χ1v) is 6.30. The van der Waals surface area contributed by atoms with E-state index in [-0.39, 0.29) is 17.6 Å². The molecule has 0 aliphatic carbocycles. The van der Waals surface area contributed by atoms with Crippen molar-refractivity contribution in [3.63, 3.8) is 0 Å². The second kappa shape index (κ2) is 5.54. The number of hydrogen-bond acceptors (Lipinski definition) is 6. The van der Waals surface area contributed by atoms with E-state index in [9.17, 15) is 4.79 Å². The molecule has 18 heavy (non-hydrogen) atoms. The van der Waals surface area contributed by atoms with Gasteiger partial charge in [-0.3, -0.25) is 4.79 Å². The first-order valence-electron chi connectivity index (χ1n) is 5.42. The summed E-state index contributed by atoms with van der Waals surface area (Å²) in [7, 11) is 1.74. The first kappa shape index (κ1) is 12.4. The van der Waals surface area contributed by atoms with Crippen LogP contribution in [-0.2, 0) is 0 Å². The summed E-state index contributed by atoms with van der Waals surface area (Å²) in [4.78, 5) is 16.0. The molecule has 2 aromatic rings. The Bertz CT molecular complexity index is 511. The zero-order chi connectivity index (χ0) is 13.0. The molecule has 0 fully saturated rings. The number of anilines is 1. The number of thiazole rings is 1. The maximum absolute atomic E-state index is 11.9. The van der Waals surface area contributed by atoms with Crippen LogP contribution in [0.15, 0.2) is 23.7 Å². The van der Waals surface area contributed by atoms with E-state index >= 15 is 0 Å². The Kier molecular flexibility index (Phi) is 3.83. The molecule has 0 aliphatic heterocycles. The lowest BCUT2D eigenvalue weighted by Gasteiger charge is -2.10. The quantitative estimate of drug-likeness (QED) is 0.873. The predicted octanol–water partition coefficient (Wildman–Crippen LogP) is 1.47. The van der Waals surface area contributed by atoms with Crippen molar-refractivity contribution in [1.29, 1.82) is 0 Å². The molecule has 0 radical (unpaired) electrons. The molecule has 2 rings (SSSR count). The average molecular weight is 263 g/mol. The van der Waals surface area contributed by atoms with Crippen molar-refractivity contribution in [2.45, 2.75) is 13.0 Å². The van der Waals surface area contributed by atoms with Gasteiger partial charge in [-0.05, 0) is 19.1 Å². The van der Waals surface area contributed by atoms with Crippen LogP contribution in [-0.4, -0.2) is 28.1 Å². The molecule has 6 nitrogen and oxygen atoms in total. The van der Waals surface area contributed by atoms with Crippen LogP contribution in [0.4, 0.5) is 5.82 Å². The Hall–Kier alpha value is -2.02. The summed E-state index contributed by atoms with van der Waals surface area (Å²) in [6.45, 7) is 1.88. The first-order chi connectivity index (χ1) is 8.70. The summed E-state index contributed by atoms with van der Waals surface area (Å²) in [5.74, 6) is 0.368. The van der Waals surface area contributed by atoms with Crippen LogP contribution in [0.2, 0.25) is 0 Å². The summed E-state index contributed by atoms with van der Waals surface area (Å²) in [5.41, 5.74) is 0.289. The van der Waals surface area contributed by atoms with Crippen LogP contribution in [0.3, 0.4) is 0 Å². The van der Waals surface area contributed by atoms with E-state index in [1.54, 1.807) is 25.4 Å². The van der Waals surface area contributed by atoms with Gasteiger partial charge in [-0.2, -0.15) is 0 Å². The molecular formula is C11H13N5OS. The Morgan fingerprint density at radius 1 is 1.39 bits per heavy atom. The highest BCUT2D eigenvalue weighted by Crippen LogP contribution is 2.15. The SMILES string of the molecule is CNc1ccc(C(=O)NC(C)c2nccs2)nn1. The van der Waals surface area contributed by atoms with Crippen molar-refractivity contribution in [3.05, 3.63) is 34.4 Å². The number of nitrogens with one attached hydrogen (secondary N) is 2. The number of aromatic nitrogens is 3. The third kappa shape index (κ3) is 2.80.